The van der Waals surface area contributed by atoms with E-state index in [1.807, 2.05) is 26.8 Å². The number of nitrogens with one attached hydrogen (secondary N) is 2. The molecule has 0 saturated carbocycles. The minimum absolute atomic E-state index is 0.00997. The van der Waals surface area contributed by atoms with Crippen LogP contribution in [0.1, 0.15) is 26.3 Å². The summed E-state index contributed by atoms with van der Waals surface area (Å²) < 4.78 is 17.2. The Morgan fingerprint density at radius 3 is 2.62 bits per heavy atom. The van der Waals surface area contributed by atoms with Crippen molar-refractivity contribution >= 4 is 21.8 Å². The van der Waals surface area contributed by atoms with Crippen molar-refractivity contribution in [2.24, 2.45) is 0 Å². The van der Waals surface area contributed by atoms with Crippen LogP contribution >= 0.6 is 15.9 Å². The Balaban J connectivity index is 2.75. The second-order valence-corrected chi connectivity index (χ2v) is 7.51. The quantitative estimate of drug-likeness (QED) is 0.462. The second kappa shape index (κ2) is 11.4. The highest BCUT2D eigenvalue weighted by Crippen LogP contribution is 2.36. The maximum absolute atomic E-state index is 12.0. The summed E-state index contributed by atoms with van der Waals surface area (Å²) in [5.74, 6) is 0.885. The predicted molar refractivity (Wildman–Crippen MR) is 104 cm³/mol. The fraction of sp³-hybridized carbons (Fsp3) is 0.611. The number of carbonyl (C=O) groups is 1. The van der Waals surface area contributed by atoms with E-state index in [1.165, 1.54) is 0 Å². The summed E-state index contributed by atoms with van der Waals surface area (Å²) in [5.41, 5.74) is 0.538. The number of ether oxygens (including phenoxy) is 3. The number of aliphatic hydroxyl groups excluding tert-OH is 1. The van der Waals surface area contributed by atoms with E-state index in [2.05, 4.69) is 26.6 Å². The van der Waals surface area contributed by atoms with Gasteiger partial charge in [0.05, 0.1) is 26.9 Å². The number of methoxy groups -OCH3 is 1. The Kier molecular flexibility index (Phi) is 9.93. The summed E-state index contributed by atoms with van der Waals surface area (Å²) in [6, 6.07) is 3.66. The first-order valence-corrected chi connectivity index (χ1v) is 9.26. The van der Waals surface area contributed by atoms with E-state index < -0.39 is 0 Å². The summed E-state index contributed by atoms with van der Waals surface area (Å²) in [5, 5.41) is 14.8. The molecular weight excluding hydrogens is 404 g/mol. The number of hydrogen-bond acceptors (Lipinski definition) is 6. The molecule has 8 heteroatoms. The van der Waals surface area contributed by atoms with E-state index in [9.17, 15) is 4.79 Å². The summed E-state index contributed by atoms with van der Waals surface area (Å²) in [7, 11) is 1.56. The normalized spacial score (nSPS) is 11.3. The van der Waals surface area contributed by atoms with Gasteiger partial charge in [-0.15, -0.1) is 0 Å². The molecule has 1 aromatic carbocycles. The topological polar surface area (TPSA) is 89.1 Å². The van der Waals surface area contributed by atoms with E-state index in [1.54, 1.807) is 13.2 Å². The van der Waals surface area contributed by atoms with Crippen molar-refractivity contribution in [1.29, 1.82) is 0 Å². The fourth-order valence-corrected chi connectivity index (χ4v) is 2.63. The van der Waals surface area contributed by atoms with Crippen LogP contribution in [0.25, 0.3) is 0 Å². The molecule has 1 aromatic rings. The van der Waals surface area contributed by atoms with Gasteiger partial charge in [0.25, 0.3) is 5.91 Å². The number of halogens is 1. The number of aliphatic hydroxyl groups is 1. The summed E-state index contributed by atoms with van der Waals surface area (Å²) in [6.45, 7) is 7.60. The van der Waals surface area contributed by atoms with E-state index in [0.717, 1.165) is 10.0 Å². The van der Waals surface area contributed by atoms with Crippen LogP contribution in [0, 0.1) is 0 Å². The molecule has 0 aliphatic heterocycles. The Morgan fingerprint density at radius 1 is 1.27 bits per heavy atom. The number of amides is 1. The molecule has 0 fully saturated rings. The monoisotopic (exact) mass is 432 g/mol. The standard InChI is InChI=1S/C18H29BrN2O5/c1-18(2,3)21-16(23)12-26-17-13(11-20-7-9-25-10-8-22)14(19)5-6-15(17)24-4/h5-6,20,22H,7-12H2,1-4H3,(H,21,23). The van der Waals surface area contributed by atoms with Crippen molar-refractivity contribution in [2.45, 2.75) is 32.9 Å². The molecule has 0 radical (unpaired) electrons. The number of hydrogen-bond donors (Lipinski definition) is 3. The molecule has 1 rings (SSSR count). The Morgan fingerprint density at radius 2 is 2.00 bits per heavy atom. The van der Waals surface area contributed by atoms with Gasteiger partial charge in [-0.3, -0.25) is 4.79 Å². The smallest absolute Gasteiger partial charge is 0.258 e. The molecule has 0 unspecified atom stereocenters. The van der Waals surface area contributed by atoms with Gasteiger partial charge in [0.1, 0.15) is 0 Å². The third-order valence-electron chi connectivity index (χ3n) is 3.21. The molecule has 1 amide bonds. The van der Waals surface area contributed by atoms with E-state index in [0.29, 0.717) is 37.8 Å². The lowest BCUT2D eigenvalue weighted by atomic mass is 10.1. The number of carbonyl (C=O) groups excluding carboxylic acids is 1. The molecule has 148 valence electrons. The largest absolute Gasteiger partial charge is 0.493 e. The van der Waals surface area contributed by atoms with E-state index in [4.69, 9.17) is 19.3 Å². The zero-order chi connectivity index (χ0) is 19.6. The average molecular weight is 433 g/mol. The molecule has 0 aliphatic carbocycles. The van der Waals surface area contributed by atoms with Crippen molar-refractivity contribution in [3.63, 3.8) is 0 Å². The fourth-order valence-electron chi connectivity index (χ4n) is 2.18. The second-order valence-electron chi connectivity index (χ2n) is 6.66. The zero-order valence-electron chi connectivity index (χ0n) is 15.9. The van der Waals surface area contributed by atoms with Crippen LogP contribution in [-0.4, -0.2) is 56.6 Å². The van der Waals surface area contributed by atoms with E-state index >= 15 is 0 Å². The maximum Gasteiger partial charge on any atom is 0.258 e. The first kappa shape index (κ1) is 22.7. The van der Waals surface area contributed by atoms with E-state index in [-0.39, 0.29) is 24.7 Å². The van der Waals surface area contributed by atoms with Gasteiger partial charge in [-0.05, 0) is 32.9 Å². The predicted octanol–water partition coefficient (Wildman–Crippen LogP) is 1.85. The van der Waals surface area contributed by atoms with Gasteiger partial charge >= 0.3 is 0 Å². The molecule has 0 bridgehead atoms. The zero-order valence-corrected chi connectivity index (χ0v) is 17.4. The molecule has 0 atom stereocenters. The lowest BCUT2D eigenvalue weighted by Gasteiger charge is -2.21. The maximum atomic E-state index is 12.0. The highest BCUT2D eigenvalue weighted by molar-refractivity contribution is 9.10. The molecule has 0 heterocycles. The number of rotatable bonds is 11. The van der Waals surface area contributed by atoms with Gasteiger partial charge in [0.2, 0.25) is 0 Å². The lowest BCUT2D eigenvalue weighted by molar-refractivity contribution is -0.124. The van der Waals surface area contributed by atoms with Crippen LogP contribution in [-0.2, 0) is 16.1 Å². The molecule has 0 aromatic heterocycles. The van der Waals surface area contributed by atoms with Gasteiger partial charge < -0.3 is 30.0 Å². The highest BCUT2D eigenvalue weighted by atomic mass is 79.9. The molecule has 0 saturated heterocycles. The molecule has 0 spiro atoms. The minimum Gasteiger partial charge on any atom is -0.493 e. The van der Waals surface area contributed by atoms with Crippen molar-refractivity contribution in [1.82, 2.24) is 10.6 Å². The van der Waals surface area contributed by atoms with Crippen LogP contribution < -0.4 is 20.1 Å². The molecule has 7 nitrogen and oxygen atoms in total. The summed E-state index contributed by atoms with van der Waals surface area (Å²) in [4.78, 5) is 12.0. The van der Waals surface area contributed by atoms with Crippen molar-refractivity contribution in [2.75, 3.05) is 40.1 Å². The van der Waals surface area contributed by atoms with Crippen LogP contribution in [0.3, 0.4) is 0 Å². The van der Waals surface area contributed by atoms with Gasteiger partial charge in [-0.2, -0.15) is 0 Å². The van der Waals surface area contributed by atoms with Gasteiger partial charge in [-0.25, -0.2) is 0 Å². The highest BCUT2D eigenvalue weighted by Gasteiger charge is 2.18. The van der Waals surface area contributed by atoms with Gasteiger partial charge in [-0.1, -0.05) is 15.9 Å². The molecule has 26 heavy (non-hydrogen) atoms. The van der Waals surface area contributed by atoms with Crippen LogP contribution in [0.2, 0.25) is 0 Å². The van der Waals surface area contributed by atoms with Gasteiger partial charge in [0.15, 0.2) is 18.1 Å². The third-order valence-corrected chi connectivity index (χ3v) is 3.95. The Labute approximate surface area is 163 Å². The lowest BCUT2D eigenvalue weighted by Crippen LogP contribution is -2.43. The van der Waals surface area contributed by atoms with Crippen molar-refractivity contribution in [3.8, 4) is 11.5 Å². The van der Waals surface area contributed by atoms with Crippen LogP contribution in [0.4, 0.5) is 0 Å². The summed E-state index contributed by atoms with van der Waals surface area (Å²) >= 11 is 3.52. The third kappa shape index (κ3) is 8.35. The van der Waals surface area contributed by atoms with Crippen LogP contribution in [0.15, 0.2) is 16.6 Å². The molecule has 0 aliphatic rings. The Hall–Kier alpha value is -1.35. The van der Waals surface area contributed by atoms with Crippen molar-refractivity contribution in [3.05, 3.63) is 22.2 Å². The van der Waals surface area contributed by atoms with Crippen LogP contribution in [0.5, 0.6) is 11.5 Å². The minimum atomic E-state index is -0.319. The molecule has 3 N–H and O–H groups in total. The number of benzene rings is 1. The average Bonchev–Trinajstić information content (AvgIpc) is 2.56. The first-order valence-electron chi connectivity index (χ1n) is 8.47. The first-order chi connectivity index (χ1) is 12.3. The Bertz CT molecular complexity index is 575. The van der Waals surface area contributed by atoms with Crippen molar-refractivity contribution < 1.29 is 24.1 Å². The SMILES string of the molecule is COc1ccc(Br)c(CNCCOCCO)c1OCC(=O)NC(C)(C)C. The molecular formula is C18H29BrN2O5. The van der Waals surface area contributed by atoms with Gasteiger partial charge in [0, 0.05) is 28.7 Å². The summed E-state index contributed by atoms with van der Waals surface area (Å²) in [6.07, 6.45) is 0.